The summed E-state index contributed by atoms with van der Waals surface area (Å²) in [5.41, 5.74) is 7.53. The van der Waals surface area contributed by atoms with Crippen molar-refractivity contribution in [2.75, 3.05) is 13.1 Å². The Bertz CT molecular complexity index is 730. The zero-order valence-corrected chi connectivity index (χ0v) is 13.0. The van der Waals surface area contributed by atoms with Gasteiger partial charge in [-0.05, 0) is 25.3 Å². The van der Waals surface area contributed by atoms with Gasteiger partial charge in [-0.2, -0.15) is 0 Å². The number of carbonyl (C=O) groups is 2. The number of nitrogens with zero attached hydrogens (tertiary/aromatic N) is 2. The lowest BCUT2D eigenvalue weighted by atomic mass is 9.96. The Morgan fingerprint density at radius 3 is 2.61 bits per heavy atom. The van der Waals surface area contributed by atoms with Crippen molar-refractivity contribution in [3.05, 3.63) is 41.9 Å². The van der Waals surface area contributed by atoms with Crippen LogP contribution in [0.5, 0.6) is 0 Å². The summed E-state index contributed by atoms with van der Waals surface area (Å²) in [5, 5.41) is 0. The van der Waals surface area contributed by atoms with Crippen molar-refractivity contribution in [2.45, 2.75) is 19.8 Å². The number of aryl methyl sites for hydroxylation is 1. The molecule has 1 aliphatic heterocycles. The number of benzene rings is 1. The van der Waals surface area contributed by atoms with Crippen LogP contribution in [0.2, 0.25) is 0 Å². The molecular weight excluding hydrogens is 294 g/mol. The molecule has 2 amide bonds. The molecule has 1 aliphatic rings. The van der Waals surface area contributed by atoms with E-state index in [-0.39, 0.29) is 17.7 Å². The number of oxazole rings is 1. The van der Waals surface area contributed by atoms with Gasteiger partial charge in [0, 0.05) is 24.6 Å². The second kappa shape index (κ2) is 6.24. The Kier molecular flexibility index (Phi) is 4.14. The van der Waals surface area contributed by atoms with Crippen molar-refractivity contribution < 1.29 is 14.0 Å². The van der Waals surface area contributed by atoms with Gasteiger partial charge < -0.3 is 15.1 Å². The molecule has 3 rings (SSSR count). The van der Waals surface area contributed by atoms with Gasteiger partial charge in [-0.15, -0.1) is 0 Å². The van der Waals surface area contributed by atoms with E-state index in [1.54, 1.807) is 4.90 Å². The summed E-state index contributed by atoms with van der Waals surface area (Å²) in [7, 11) is 0. The molecular formula is C17H19N3O3. The summed E-state index contributed by atoms with van der Waals surface area (Å²) < 4.78 is 5.47. The lowest BCUT2D eigenvalue weighted by Crippen LogP contribution is -2.42. The van der Waals surface area contributed by atoms with Crippen LogP contribution < -0.4 is 5.73 Å². The van der Waals surface area contributed by atoms with E-state index >= 15 is 0 Å². The minimum absolute atomic E-state index is 0.146. The Labute approximate surface area is 134 Å². The summed E-state index contributed by atoms with van der Waals surface area (Å²) in [5.74, 6) is -0.114. The van der Waals surface area contributed by atoms with Crippen LogP contribution in [0.15, 0.2) is 35.1 Å². The first-order valence-electron chi connectivity index (χ1n) is 7.66. The van der Waals surface area contributed by atoms with Crippen LogP contribution in [0.3, 0.4) is 0 Å². The third-order valence-electron chi connectivity index (χ3n) is 4.34. The molecule has 0 radical (unpaired) electrons. The number of aromatic nitrogens is 1. The topological polar surface area (TPSA) is 89.4 Å². The number of nitrogens with two attached hydrogens (primary N) is 1. The first kappa shape index (κ1) is 15.3. The molecule has 0 bridgehead atoms. The van der Waals surface area contributed by atoms with Gasteiger partial charge in [0.05, 0.1) is 0 Å². The van der Waals surface area contributed by atoms with Crippen molar-refractivity contribution in [2.24, 2.45) is 11.7 Å². The van der Waals surface area contributed by atoms with E-state index < -0.39 is 0 Å². The zero-order chi connectivity index (χ0) is 16.4. The Morgan fingerprint density at radius 2 is 1.96 bits per heavy atom. The van der Waals surface area contributed by atoms with Crippen LogP contribution in [0, 0.1) is 12.8 Å². The van der Waals surface area contributed by atoms with Gasteiger partial charge in [0.2, 0.25) is 5.91 Å². The molecule has 1 aromatic heterocycles. The first-order chi connectivity index (χ1) is 11.1. The van der Waals surface area contributed by atoms with Crippen LogP contribution in [-0.2, 0) is 4.79 Å². The van der Waals surface area contributed by atoms with Crippen LogP contribution in [0.25, 0.3) is 11.3 Å². The number of hydrogen-bond donors (Lipinski definition) is 1. The lowest BCUT2D eigenvalue weighted by Gasteiger charge is -2.30. The molecule has 0 spiro atoms. The highest BCUT2D eigenvalue weighted by Gasteiger charge is 2.29. The predicted molar refractivity (Wildman–Crippen MR) is 84.5 cm³/mol. The van der Waals surface area contributed by atoms with Crippen molar-refractivity contribution in [3.8, 4) is 11.3 Å². The monoisotopic (exact) mass is 313 g/mol. The molecule has 0 atom stereocenters. The number of hydrogen-bond acceptors (Lipinski definition) is 4. The van der Waals surface area contributed by atoms with Crippen LogP contribution in [0.1, 0.15) is 28.9 Å². The molecule has 0 saturated carbocycles. The van der Waals surface area contributed by atoms with E-state index in [1.807, 2.05) is 31.2 Å². The smallest absolute Gasteiger partial charge is 0.276 e. The maximum Gasteiger partial charge on any atom is 0.276 e. The molecule has 6 nitrogen and oxygen atoms in total. The second-order valence-electron chi connectivity index (χ2n) is 5.81. The molecule has 23 heavy (non-hydrogen) atoms. The molecule has 0 unspecified atom stereocenters. The van der Waals surface area contributed by atoms with E-state index in [0.29, 0.717) is 37.4 Å². The number of rotatable bonds is 3. The summed E-state index contributed by atoms with van der Waals surface area (Å²) in [6, 6.07) is 7.71. The van der Waals surface area contributed by atoms with Gasteiger partial charge in [-0.3, -0.25) is 9.59 Å². The van der Waals surface area contributed by atoms with Crippen LogP contribution >= 0.6 is 0 Å². The third kappa shape index (κ3) is 2.97. The zero-order valence-electron chi connectivity index (χ0n) is 13.0. The maximum atomic E-state index is 12.7. The average molecular weight is 313 g/mol. The van der Waals surface area contributed by atoms with Gasteiger partial charge in [0.25, 0.3) is 5.91 Å². The number of amides is 2. The molecule has 0 aliphatic carbocycles. The normalized spacial score (nSPS) is 15.6. The number of piperidine rings is 1. The summed E-state index contributed by atoms with van der Waals surface area (Å²) in [4.78, 5) is 29.8. The Balaban J connectivity index is 1.81. The van der Waals surface area contributed by atoms with Gasteiger partial charge in [0.1, 0.15) is 0 Å². The highest BCUT2D eigenvalue weighted by molar-refractivity contribution is 5.98. The molecule has 2 heterocycles. The van der Waals surface area contributed by atoms with Crippen molar-refractivity contribution in [3.63, 3.8) is 0 Å². The quantitative estimate of drug-likeness (QED) is 0.938. The summed E-state index contributed by atoms with van der Waals surface area (Å²) in [6.07, 6.45) is 2.49. The van der Waals surface area contributed by atoms with Crippen molar-refractivity contribution in [1.82, 2.24) is 9.88 Å². The highest BCUT2D eigenvalue weighted by atomic mass is 16.3. The molecule has 1 fully saturated rings. The average Bonchev–Trinajstić information content (AvgIpc) is 3.04. The summed E-state index contributed by atoms with van der Waals surface area (Å²) in [6.45, 7) is 2.98. The number of carbonyl (C=O) groups excluding carboxylic acids is 2. The SMILES string of the molecule is Cc1ccccc1-c1ocnc1C(=O)N1CCC(C(N)=O)CC1. The van der Waals surface area contributed by atoms with E-state index in [2.05, 4.69) is 4.98 Å². The van der Waals surface area contributed by atoms with E-state index in [4.69, 9.17) is 10.2 Å². The summed E-state index contributed by atoms with van der Waals surface area (Å²) >= 11 is 0. The fourth-order valence-corrected chi connectivity index (χ4v) is 2.93. The minimum atomic E-state index is -0.292. The Morgan fingerprint density at radius 1 is 1.26 bits per heavy atom. The van der Waals surface area contributed by atoms with Gasteiger partial charge >= 0.3 is 0 Å². The number of primary amides is 1. The van der Waals surface area contributed by atoms with E-state index in [1.165, 1.54) is 6.39 Å². The minimum Gasteiger partial charge on any atom is -0.443 e. The molecule has 2 N–H and O–H groups in total. The fourth-order valence-electron chi connectivity index (χ4n) is 2.93. The predicted octanol–water partition coefficient (Wildman–Crippen LogP) is 1.99. The highest BCUT2D eigenvalue weighted by Crippen LogP contribution is 2.28. The molecule has 6 heteroatoms. The van der Waals surface area contributed by atoms with Crippen LogP contribution in [0.4, 0.5) is 0 Å². The fraction of sp³-hybridized carbons (Fsp3) is 0.353. The van der Waals surface area contributed by atoms with Gasteiger partial charge in [-0.25, -0.2) is 4.98 Å². The van der Waals surface area contributed by atoms with Crippen LogP contribution in [-0.4, -0.2) is 34.8 Å². The maximum absolute atomic E-state index is 12.7. The van der Waals surface area contributed by atoms with E-state index in [0.717, 1.165) is 11.1 Å². The Hall–Kier alpha value is -2.63. The van der Waals surface area contributed by atoms with Crippen molar-refractivity contribution >= 4 is 11.8 Å². The van der Waals surface area contributed by atoms with Gasteiger partial charge in [0.15, 0.2) is 17.8 Å². The molecule has 1 aromatic carbocycles. The van der Waals surface area contributed by atoms with Gasteiger partial charge in [-0.1, -0.05) is 24.3 Å². The first-order valence-corrected chi connectivity index (χ1v) is 7.66. The second-order valence-corrected chi connectivity index (χ2v) is 5.81. The van der Waals surface area contributed by atoms with E-state index in [9.17, 15) is 9.59 Å². The van der Waals surface area contributed by atoms with Crippen molar-refractivity contribution in [1.29, 1.82) is 0 Å². The molecule has 1 saturated heterocycles. The lowest BCUT2D eigenvalue weighted by molar-refractivity contribution is -0.123. The largest absolute Gasteiger partial charge is 0.443 e. The standard InChI is InChI=1S/C17H19N3O3/c1-11-4-2-3-5-13(11)15-14(19-10-23-15)17(22)20-8-6-12(7-9-20)16(18)21/h2-5,10,12H,6-9H2,1H3,(H2,18,21). The third-order valence-corrected chi connectivity index (χ3v) is 4.34. The molecule has 120 valence electrons. The number of likely N-dealkylation sites (tertiary alicyclic amines) is 1. The molecule has 2 aromatic rings.